The highest BCUT2D eigenvalue weighted by molar-refractivity contribution is 6.35. The van der Waals surface area contributed by atoms with Crippen molar-refractivity contribution >= 4 is 34.9 Å². The van der Waals surface area contributed by atoms with E-state index in [4.69, 9.17) is 17.3 Å². The highest BCUT2D eigenvalue weighted by Gasteiger charge is 2.13. The molecule has 2 aromatic carbocycles. The summed E-state index contributed by atoms with van der Waals surface area (Å²) in [6, 6.07) is 13.9. The first kappa shape index (κ1) is 13.2. The number of aliphatic carboxylic acids is 1. The fourth-order valence-electron chi connectivity index (χ4n) is 1.73. The van der Waals surface area contributed by atoms with Crippen LogP contribution in [0.4, 0.5) is 5.69 Å². The van der Waals surface area contributed by atoms with Crippen LogP contribution in [-0.2, 0) is 4.79 Å². The largest absolute Gasteiger partial charge is 0.478 e. The Morgan fingerprint density at radius 1 is 1.11 bits per heavy atom. The Labute approximate surface area is 115 Å². The van der Waals surface area contributed by atoms with Crippen molar-refractivity contribution in [1.82, 2.24) is 0 Å². The molecule has 0 atom stereocenters. The highest BCUT2D eigenvalue weighted by Crippen LogP contribution is 2.27. The van der Waals surface area contributed by atoms with E-state index in [0.29, 0.717) is 21.8 Å². The van der Waals surface area contributed by atoms with Crippen LogP contribution in [0, 0.1) is 0 Å². The van der Waals surface area contributed by atoms with E-state index in [9.17, 15) is 9.90 Å². The second-order valence-electron chi connectivity index (χ2n) is 3.97. The van der Waals surface area contributed by atoms with Crippen LogP contribution in [0.15, 0.2) is 48.5 Å². The second kappa shape index (κ2) is 5.59. The topological polar surface area (TPSA) is 63.3 Å². The lowest BCUT2D eigenvalue weighted by Gasteiger charge is -2.06. The van der Waals surface area contributed by atoms with Gasteiger partial charge in [0.25, 0.3) is 0 Å². The Morgan fingerprint density at radius 2 is 1.74 bits per heavy atom. The molecule has 0 aliphatic rings. The number of carboxylic acids is 1. The van der Waals surface area contributed by atoms with Gasteiger partial charge in [0, 0.05) is 16.3 Å². The monoisotopic (exact) mass is 273 g/mol. The maximum atomic E-state index is 11.4. The Kier molecular flexibility index (Phi) is 3.88. The van der Waals surface area contributed by atoms with Crippen molar-refractivity contribution in [2.75, 3.05) is 5.73 Å². The predicted octanol–water partition coefficient (Wildman–Crippen LogP) is 3.55. The second-order valence-corrected chi connectivity index (χ2v) is 4.38. The van der Waals surface area contributed by atoms with E-state index >= 15 is 0 Å². The standard InChI is InChI=1S/C15H12ClNO2/c16-13-7-3-2-6-11(13)12(15(18)19)9-10-5-1-4-8-14(10)17/h1-9H,17H2,(H,18,19)/b12-9+. The van der Waals surface area contributed by atoms with Gasteiger partial charge in [-0.15, -0.1) is 0 Å². The van der Waals surface area contributed by atoms with Crippen LogP contribution in [0.1, 0.15) is 11.1 Å². The molecule has 0 bridgehead atoms. The van der Waals surface area contributed by atoms with Gasteiger partial charge in [-0.1, -0.05) is 48.0 Å². The summed E-state index contributed by atoms with van der Waals surface area (Å²) in [5.74, 6) is -1.05. The number of para-hydroxylation sites is 1. The van der Waals surface area contributed by atoms with Gasteiger partial charge >= 0.3 is 5.97 Å². The molecule has 2 aromatic rings. The van der Waals surface area contributed by atoms with Crippen molar-refractivity contribution in [2.45, 2.75) is 0 Å². The fraction of sp³-hybridized carbons (Fsp3) is 0. The minimum atomic E-state index is -1.05. The lowest BCUT2D eigenvalue weighted by atomic mass is 10.0. The van der Waals surface area contributed by atoms with Gasteiger partial charge in [-0.25, -0.2) is 4.79 Å². The van der Waals surface area contributed by atoms with Gasteiger partial charge in [0.15, 0.2) is 0 Å². The third kappa shape index (κ3) is 2.95. The van der Waals surface area contributed by atoms with E-state index in [1.165, 1.54) is 6.08 Å². The van der Waals surface area contributed by atoms with Crippen molar-refractivity contribution < 1.29 is 9.90 Å². The van der Waals surface area contributed by atoms with Gasteiger partial charge < -0.3 is 10.8 Å². The smallest absolute Gasteiger partial charge is 0.336 e. The third-order valence-electron chi connectivity index (χ3n) is 2.69. The van der Waals surface area contributed by atoms with Gasteiger partial charge in [0.05, 0.1) is 5.57 Å². The minimum Gasteiger partial charge on any atom is -0.478 e. The molecule has 0 radical (unpaired) electrons. The lowest BCUT2D eigenvalue weighted by Crippen LogP contribution is -2.01. The van der Waals surface area contributed by atoms with E-state index < -0.39 is 5.97 Å². The predicted molar refractivity (Wildman–Crippen MR) is 77.8 cm³/mol. The summed E-state index contributed by atoms with van der Waals surface area (Å²) in [4.78, 5) is 11.4. The molecule has 0 saturated heterocycles. The number of rotatable bonds is 3. The van der Waals surface area contributed by atoms with Crippen molar-refractivity contribution in [3.05, 3.63) is 64.7 Å². The molecule has 0 aliphatic heterocycles. The normalized spacial score (nSPS) is 11.3. The summed E-state index contributed by atoms with van der Waals surface area (Å²) in [7, 11) is 0. The van der Waals surface area contributed by atoms with Gasteiger partial charge in [-0.2, -0.15) is 0 Å². The molecule has 19 heavy (non-hydrogen) atoms. The Hall–Kier alpha value is -2.26. The number of anilines is 1. The number of nitrogen functional groups attached to an aromatic ring is 1. The zero-order chi connectivity index (χ0) is 13.8. The first-order valence-electron chi connectivity index (χ1n) is 5.64. The fourth-order valence-corrected chi connectivity index (χ4v) is 1.97. The van der Waals surface area contributed by atoms with Crippen LogP contribution in [-0.4, -0.2) is 11.1 Å². The average molecular weight is 274 g/mol. The molecule has 0 heterocycles. The third-order valence-corrected chi connectivity index (χ3v) is 3.02. The minimum absolute atomic E-state index is 0.114. The van der Waals surface area contributed by atoms with Crippen LogP contribution in [0.25, 0.3) is 11.6 Å². The van der Waals surface area contributed by atoms with Crippen molar-refractivity contribution in [1.29, 1.82) is 0 Å². The Morgan fingerprint density at radius 3 is 2.37 bits per heavy atom. The number of hydrogen-bond acceptors (Lipinski definition) is 2. The number of halogens is 1. The Bertz CT molecular complexity index is 650. The van der Waals surface area contributed by atoms with Gasteiger partial charge in [0.1, 0.15) is 0 Å². The molecule has 0 fully saturated rings. The highest BCUT2D eigenvalue weighted by atomic mass is 35.5. The summed E-state index contributed by atoms with van der Waals surface area (Å²) in [6.45, 7) is 0. The van der Waals surface area contributed by atoms with Gasteiger partial charge in [-0.3, -0.25) is 0 Å². The molecule has 0 aromatic heterocycles. The molecule has 0 amide bonds. The molecule has 0 aliphatic carbocycles. The number of carbonyl (C=O) groups is 1. The van der Waals surface area contributed by atoms with Crippen molar-refractivity contribution in [3.63, 3.8) is 0 Å². The number of hydrogen-bond donors (Lipinski definition) is 2. The average Bonchev–Trinajstić information content (AvgIpc) is 2.38. The molecule has 0 unspecified atom stereocenters. The molecule has 4 heteroatoms. The van der Waals surface area contributed by atoms with Crippen molar-refractivity contribution in [3.8, 4) is 0 Å². The van der Waals surface area contributed by atoms with Crippen LogP contribution >= 0.6 is 11.6 Å². The SMILES string of the molecule is Nc1ccccc1/C=C(/C(=O)O)c1ccccc1Cl. The quantitative estimate of drug-likeness (QED) is 0.511. The van der Waals surface area contributed by atoms with E-state index in [0.717, 1.165) is 0 Å². The number of carboxylic acid groups (broad SMARTS) is 1. The van der Waals surface area contributed by atoms with Gasteiger partial charge in [0.2, 0.25) is 0 Å². The molecule has 3 nitrogen and oxygen atoms in total. The number of nitrogens with two attached hydrogens (primary N) is 1. The molecule has 3 N–H and O–H groups in total. The molecular formula is C15H12ClNO2. The van der Waals surface area contributed by atoms with Crippen LogP contribution in [0.5, 0.6) is 0 Å². The lowest BCUT2D eigenvalue weighted by molar-refractivity contribution is -0.130. The summed E-state index contributed by atoms with van der Waals surface area (Å²) < 4.78 is 0. The zero-order valence-corrected chi connectivity index (χ0v) is 10.8. The molecule has 0 spiro atoms. The van der Waals surface area contributed by atoms with Crippen LogP contribution in [0.2, 0.25) is 5.02 Å². The van der Waals surface area contributed by atoms with Gasteiger partial charge in [-0.05, 0) is 23.8 Å². The summed E-state index contributed by atoms with van der Waals surface area (Å²) in [5, 5.41) is 9.73. The molecule has 0 saturated carbocycles. The summed E-state index contributed by atoms with van der Waals surface area (Å²) in [6.07, 6.45) is 1.53. The maximum absolute atomic E-state index is 11.4. The van der Waals surface area contributed by atoms with E-state index in [-0.39, 0.29) is 5.57 Å². The van der Waals surface area contributed by atoms with Crippen LogP contribution < -0.4 is 5.73 Å². The number of benzene rings is 2. The first-order valence-corrected chi connectivity index (χ1v) is 6.02. The summed E-state index contributed by atoms with van der Waals surface area (Å²) in [5.41, 5.74) is 7.58. The summed E-state index contributed by atoms with van der Waals surface area (Å²) >= 11 is 6.03. The van der Waals surface area contributed by atoms with E-state index in [2.05, 4.69) is 0 Å². The maximum Gasteiger partial charge on any atom is 0.336 e. The molecule has 2 rings (SSSR count). The zero-order valence-electron chi connectivity index (χ0n) is 10.0. The van der Waals surface area contributed by atoms with E-state index in [1.54, 1.807) is 48.5 Å². The van der Waals surface area contributed by atoms with Crippen molar-refractivity contribution in [2.24, 2.45) is 0 Å². The van der Waals surface area contributed by atoms with Crippen LogP contribution in [0.3, 0.4) is 0 Å². The first-order chi connectivity index (χ1) is 9.09. The molecule has 96 valence electrons. The Balaban J connectivity index is 2.57. The molecular weight excluding hydrogens is 262 g/mol. The van der Waals surface area contributed by atoms with E-state index in [1.807, 2.05) is 0 Å².